The van der Waals surface area contributed by atoms with Gasteiger partial charge in [0.25, 0.3) is 5.91 Å². The van der Waals surface area contributed by atoms with Gasteiger partial charge in [-0.3, -0.25) is 4.79 Å². The van der Waals surface area contributed by atoms with E-state index in [0.29, 0.717) is 18.7 Å². The van der Waals surface area contributed by atoms with Crippen LogP contribution in [0.25, 0.3) is 10.9 Å². The van der Waals surface area contributed by atoms with Gasteiger partial charge in [-0.25, -0.2) is 9.37 Å². The van der Waals surface area contributed by atoms with Crippen LogP contribution in [-0.4, -0.2) is 24.5 Å². The number of nitrogens with one attached hydrogen (secondary N) is 1. The molecule has 0 radical (unpaired) electrons. The van der Waals surface area contributed by atoms with Gasteiger partial charge in [0.05, 0.1) is 12.6 Å². The Hall–Kier alpha value is -2.95. The molecule has 0 unspecified atom stereocenters. The number of nitrogens with zero attached hydrogens (tertiary/aromatic N) is 1. The first-order chi connectivity index (χ1) is 11.7. The number of methoxy groups -OCH3 is 1. The lowest BCUT2D eigenvalue weighted by Crippen LogP contribution is -2.26. The number of fused-ring (bicyclic) bond motifs is 1. The molecule has 0 aliphatic heterocycles. The Labute approximate surface area is 139 Å². The van der Waals surface area contributed by atoms with E-state index in [1.54, 1.807) is 25.3 Å². The predicted octanol–water partition coefficient (Wildman–Crippen LogP) is 3.36. The summed E-state index contributed by atoms with van der Waals surface area (Å²) >= 11 is 0. The quantitative estimate of drug-likeness (QED) is 0.783. The van der Waals surface area contributed by atoms with Crippen molar-refractivity contribution in [3.05, 3.63) is 71.7 Å². The lowest BCUT2D eigenvalue weighted by atomic mass is 10.1. The van der Waals surface area contributed by atoms with Crippen LogP contribution in [-0.2, 0) is 6.42 Å². The zero-order valence-electron chi connectivity index (χ0n) is 13.3. The van der Waals surface area contributed by atoms with E-state index >= 15 is 0 Å². The number of aromatic nitrogens is 1. The third-order valence-corrected chi connectivity index (χ3v) is 3.72. The van der Waals surface area contributed by atoms with Crippen LogP contribution in [0, 0.1) is 5.82 Å². The number of hydrogen-bond donors (Lipinski definition) is 1. The maximum Gasteiger partial charge on any atom is 0.269 e. The van der Waals surface area contributed by atoms with Gasteiger partial charge in [-0.2, -0.15) is 0 Å². The summed E-state index contributed by atoms with van der Waals surface area (Å²) in [5.41, 5.74) is 1.93. The van der Waals surface area contributed by atoms with Gasteiger partial charge in [-0.15, -0.1) is 0 Å². The summed E-state index contributed by atoms with van der Waals surface area (Å²) in [6.45, 7) is 0.421. The van der Waals surface area contributed by atoms with Gasteiger partial charge in [0.15, 0.2) is 0 Å². The predicted molar refractivity (Wildman–Crippen MR) is 90.7 cm³/mol. The Bertz CT molecular complexity index is 880. The average molecular weight is 324 g/mol. The highest BCUT2D eigenvalue weighted by Gasteiger charge is 2.08. The van der Waals surface area contributed by atoms with Crippen molar-refractivity contribution in [2.24, 2.45) is 0 Å². The Kier molecular flexibility index (Phi) is 4.70. The molecule has 4 nitrogen and oxygen atoms in total. The third-order valence-electron chi connectivity index (χ3n) is 3.72. The zero-order chi connectivity index (χ0) is 16.9. The van der Waals surface area contributed by atoms with E-state index in [1.165, 1.54) is 12.1 Å². The summed E-state index contributed by atoms with van der Waals surface area (Å²) in [4.78, 5) is 16.6. The van der Waals surface area contributed by atoms with E-state index in [4.69, 9.17) is 4.74 Å². The van der Waals surface area contributed by atoms with E-state index in [9.17, 15) is 9.18 Å². The van der Waals surface area contributed by atoms with E-state index < -0.39 is 0 Å². The van der Waals surface area contributed by atoms with Crippen molar-refractivity contribution >= 4 is 16.8 Å². The lowest BCUT2D eigenvalue weighted by Gasteiger charge is -2.07. The van der Waals surface area contributed by atoms with Crippen LogP contribution in [0.5, 0.6) is 5.75 Å². The number of carbonyl (C=O) groups is 1. The monoisotopic (exact) mass is 324 g/mol. The molecule has 1 heterocycles. The Balaban J connectivity index is 1.65. The van der Waals surface area contributed by atoms with E-state index in [1.807, 2.05) is 24.3 Å². The molecule has 3 aromatic rings. The largest absolute Gasteiger partial charge is 0.497 e. The number of benzene rings is 2. The van der Waals surface area contributed by atoms with Crippen LogP contribution in [0.1, 0.15) is 16.1 Å². The molecule has 1 aromatic heterocycles. The van der Waals surface area contributed by atoms with Crippen LogP contribution >= 0.6 is 0 Å². The molecule has 0 aliphatic carbocycles. The second-order valence-electron chi connectivity index (χ2n) is 5.39. The minimum absolute atomic E-state index is 0.246. The maximum atomic E-state index is 13.1. The van der Waals surface area contributed by atoms with Crippen molar-refractivity contribution in [1.82, 2.24) is 10.3 Å². The van der Waals surface area contributed by atoms with Gasteiger partial charge in [-0.1, -0.05) is 18.2 Å². The highest BCUT2D eigenvalue weighted by Crippen LogP contribution is 2.19. The number of amides is 1. The second kappa shape index (κ2) is 7.08. The molecular formula is C19H17FN2O2. The van der Waals surface area contributed by atoms with E-state index in [-0.39, 0.29) is 11.7 Å². The Morgan fingerprint density at radius 1 is 1.17 bits per heavy atom. The summed E-state index contributed by atoms with van der Waals surface area (Å²) in [6, 6.07) is 15.4. The van der Waals surface area contributed by atoms with Gasteiger partial charge in [0.1, 0.15) is 17.3 Å². The fourth-order valence-electron chi connectivity index (χ4n) is 2.46. The summed E-state index contributed by atoms with van der Waals surface area (Å²) in [5.74, 6) is 0.228. The normalized spacial score (nSPS) is 10.6. The number of halogens is 1. The lowest BCUT2D eigenvalue weighted by molar-refractivity contribution is 0.0949. The van der Waals surface area contributed by atoms with Crippen LogP contribution in [0.2, 0.25) is 0 Å². The first-order valence-electron chi connectivity index (χ1n) is 7.63. The number of carbonyl (C=O) groups excluding carboxylic acids is 1. The standard InChI is InChI=1S/C19H17FN2O2/c1-24-16-6-8-17-14(12-16)5-7-18(22-17)19(23)21-10-9-13-3-2-4-15(20)11-13/h2-8,11-12H,9-10H2,1H3,(H,21,23). The molecule has 1 N–H and O–H groups in total. The molecule has 0 spiro atoms. The van der Waals surface area contributed by atoms with Crippen LogP contribution < -0.4 is 10.1 Å². The summed E-state index contributed by atoms with van der Waals surface area (Å²) in [5, 5.41) is 3.71. The molecule has 2 aromatic carbocycles. The van der Waals surface area contributed by atoms with E-state index in [2.05, 4.69) is 10.3 Å². The highest BCUT2D eigenvalue weighted by molar-refractivity contribution is 5.95. The van der Waals surface area contributed by atoms with Gasteiger partial charge in [0, 0.05) is 11.9 Å². The van der Waals surface area contributed by atoms with E-state index in [0.717, 1.165) is 22.2 Å². The van der Waals surface area contributed by atoms with Crippen LogP contribution in [0.3, 0.4) is 0 Å². The molecular weight excluding hydrogens is 307 g/mol. The van der Waals surface area contributed by atoms with Gasteiger partial charge >= 0.3 is 0 Å². The molecule has 0 aliphatic rings. The number of ether oxygens (including phenoxy) is 1. The zero-order valence-corrected chi connectivity index (χ0v) is 13.3. The fraction of sp³-hybridized carbons (Fsp3) is 0.158. The van der Waals surface area contributed by atoms with Crippen molar-refractivity contribution in [2.45, 2.75) is 6.42 Å². The van der Waals surface area contributed by atoms with Crippen molar-refractivity contribution in [1.29, 1.82) is 0 Å². The molecule has 5 heteroatoms. The molecule has 0 saturated heterocycles. The SMILES string of the molecule is COc1ccc2nc(C(=O)NCCc3cccc(F)c3)ccc2c1. The van der Waals surface area contributed by atoms with Gasteiger partial charge in [0.2, 0.25) is 0 Å². The molecule has 24 heavy (non-hydrogen) atoms. The number of pyridine rings is 1. The number of rotatable bonds is 5. The Morgan fingerprint density at radius 3 is 2.83 bits per heavy atom. The van der Waals surface area contributed by atoms with Gasteiger partial charge < -0.3 is 10.1 Å². The van der Waals surface area contributed by atoms with Crippen LogP contribution in [0.4, 0.5) is 4.39 Å². The summed E-state index contributed by atoms with van der Waals surface area (Å²) in [6.07, 6.45) is 0.564. The van der Waals surface area contributed by atoms with Crippen LogP contribution in [0.15, 0.2) is 54.6 Å². The van der Waals surface area contributed by atoms with Crippen molar-refractivity contribution in [3.63, 3.8) is 0 Å². The summed E-state index contributed by atoms with van der Waals surface area (Å²) < 4.78 is 18.3. The van der Waals surface area contributed by atoms with Crippen molar-refractivity contribution in [2.75, 3.05) is 13.7 Å². The number of hydrogen-bond acceptors (Lipinski definition) is 3. The fourth-order valence-corrected chi connectivity index (χ4v) is 2.46. The molecule has 1 amide bonds. The topological polar surface area (TPSA) is 51.2 Å². The third kappa shape index (κ3) is 3.68. The second-order valence-corrected chi connectivity index (χ2v) is 5.39. The van der Waals surface area contributed by atoms with Crippen molar-refractivity contribution in [3.8, 4) is 5.75 Å². The average Bonchev–Trinajstić information content (AvgIpc) is 2.60. The maximum absolute atomic E-state index is 13.1. The molecule has 0 saturated carbocycles. The minimum Gasteiger partial charge on any atom is -0.497 e. The molecule has 3 rings (SSSR count). The first kappa shape index (κ1) is 15.9. The highest BCUT2D eigenvalue weighted by atomic mass is 19.1. The van der Waals surface area contributed by atoms with Gasteiger partial charge in [-0.05, 0) is 48.4 Å². The molecule has 0 atom stereocenters. The molecule has 0 bridgehead atoms. The Morgan fingerprint density at radius 2 is 2.04 bits per heavy atom. The molecule has 0 fully saturated rings. The smallest absolute Gasteiger partial charge is 0.269 e. The minimum atomic E-state index is -0.273. The summed E-state index contributed by atoms with van der Waals surface area (Å²) in [7, 11) is 1.61. The van der Waals surface area contributed by atoms with Crippen molar-refractivity contribution < 1.29 is 13.9 Å². The first-order valence-corrected chi connectivity index (χ1v) is 7.63. The molecule has 122 valence electrons.